The normalized spacial score (nSPS) is 10.6. The molecule has 0 spiro atoms. The summed E-state index contributed by atoms with van der Waals surface area (Å²) < 4.78 is 5.02. The highest BCUT2D eigenvalue weighted by Crippen LogP contribution is 2.24. The van der Waals surface area contributed by atoms with Gasteiger partial charge in [-0.1, -0.05) is 84.9 Å². The van der Waals surface area contributed by atoms with Crippen molar-refractivity contribution in [2.45, 2.75) is 0 Å². The van der Waals surface area contributed by atoms with Crippen LogP contribution in [0.5, 0.6) is 0 Å². The Kier molecular flexibility index (Phi) is 5.23. The second-order valence-electron chi connectivity index (χ2n) is 6.25. The minimum absolute atomic E-state index is 0.540. The van der Waals surface area contributed by atoms with Crippen LogP contribution in [0.1, 0.15) is 0 Å². The molecule has 0 saturated heterocycles. The highest BCUT2D eigenvalue weighted by atomic mass is 16.5. The van der Waals surface area contributed by atoms with Gasteiger partial charge in [-0.3, -0.25) is 0 Å². The van der Waals surface area contributed by atoms with E-state index in [0.29, 0.717) is 22.9 Å². The molecule has 0 amide bonds. The van der Waals surface area contributed by atoms with E-state index >= 15 is 0 Å². The van der Waals surface area contributed by atoms with E-state index in [1.165, 1.54) is 7.11 Å². The average Bonchev–Trinajstić information content (AvgIpc) is 2.79. The molecule has 136 valence electrons. The topological polar surface area (TPSA) is 68.1 Å². The Labute approximate surface area is 163 Å². The monoisotopic (exact) mass is 367 g/mol. The van der Waals surface area contributed by atoms with E-state index in [2.05, 4.69) is 15.0 Å². The molecule has 5 nitrogen and oxygen atoms in total. The molecule has 0 aliphatic heterocycles. The van der Waals surface area contributed by atoms with Crippen LogP contribution >= 0.6 is 0 Å². The van der Waals surface area contributed by atoms with Crippen LogP contribution in [0.25, 0.3) is 34.2 Å². The Morgan fingerprint density at radius 1 is 0.643 bits per heavy atom. The lowest BCUT2D eigenvalue weighted by Gasteiger charge is -2.10. The summed E-state index contributed by atoms with van der Waals surface area (Å²) in [5, 5.41) is 9.99. The molecule has 0 aliphatic rings. The summed E-state index contributed by atoms with van der Waals surface area (Å²) in [5.74, 6) is 1.74. The quantitative estimate of drug-likeness (QED) is 0.549. The van der Waals surface area contributed by atoms with Crippen LogP contribution in [0.4, 0.5) is 0 Å². The molecule has 28 heavy (non-hydrogen) atoms. The van der Waals surface area contributed by atoms with Crippen LogP contribution < -0.4 is 5.46 Å². The number of nitrogens with zero attached hydrogens (tertiary/aromatic N) is 3. The summed E-state index contributed by atoms with van der Waals surface area (Å²) in [7, 11) is 0.463. The van der Waals surface area contributed by atoms with Crippen LogP contribution in [-0.4, -0.2) is 34.2 Å². The average molecular weight is 367 g/mol. The van der Waals surface area contributed by atoms with Crippen molar-refractivity contribution in [3.63, 3.8) is 0 Å². The highest BCUT2D eigenvalue weighted by Gasteiger charge is 2.17. The third-order valence-electron chi connectivity index (χ3n) is 4.35. The highest BCUT2D eigenvalue weighted by molar-refractivity contribution is 6.60. The van der Waals surface area contributed by atoms with E-state index in [-0.39, 0.29) is 0 Å². The van der Waals surface area contributed by atoms with Gasteiger partial charge in [0.05, 0.1) is 0 Å². The summed E-state index contributed by atoms with van der Waals surface area (Å²) >= 11 is 0. The van der Waals surface area contributed by atoms with E-state index in [1.54, 1.807) is 6.07 Å². The summed E-state index contributed by atoms with van der Waals surface area (Å²) in [4.78, 5) is 14.0. The van der Waals surface area contributed by atoms with E-state index in [9.17, 15) is 5.02 Å². The van der Waals surface area contributed by atoms with Gasteiger partial charge in [-0.25, -0.2) is 15.0 Å². The van der Waals surface area contributed by atoms with Crippen molar-refractivity contribution in [3.05, 3.63) is 84.9 Å². The predicted molar refractivity (Wildman–Crippen MR) is 111 cm³/mol. The Morgan fingerprint density at radius 3 is 1.61 bits per heavy atom. The molecule has 0 aliphatic carbocycles. The molecule has 0 unspecified atom stereocenters. The first-order valence-electron chi connectivity index (χ1n) is 8.93. The van der Waals surface area contributed by atoms with Gasteiger partial charge in [-0.15, -0.1) is 0 Å². The van der Waals surface area contributed by atoms with Gasteiger partial charge in [0, 0.05) is 23.8 Å². The van der Waals surface area contributed by atoms with E-state index in [0.717, 1.165) is 16.7 Å². The molecule has 0 radical (unpaired) electrons. The van der Waals surface area contributed by atoms with Crippen LogP contribution in [0.3, 0.4) is 0 Å². The molecular weight excluding hydrogens is 349 g/mol. The van der Waals surface area contributed by atoms with Crippen molar-refractivity contribution in [2.75, 3.05) is 7.11 Å². The number of rotatable bonds is 5. The fourth-order valence-corrected chi connectivity index (χ4v) is 2.91. The van der Waals surface area contributed by atoms with Gasteiger partial charge in [-0.2, -0.15) is 0 Å². The SMILES string of the molecule is COB(O)c1cccc(-c2nc(-c3ccccc3)nc(-c3ccccc3)n2)c1. The van der Waals surface area contributed by atoms with Crippen molar-refractivity contribution >= 4 is 12.6 Å². The lowest BCUT2D eigenvalue weighted by Crippen LogP contribution is -2.32. The zero-order chi connectivity index (χ0) is 19.3. The number of aromatic nitrogens is 3. The van der Waals surface area contributed by atoms with Gasteiger partial charge in [0.15, 0.2) is 17.5 Å². The Bertz CT molecular complexity index is 1020. The largest absolute Gasteiger partial charge is 0.490 e. The summed E-state index contributed by atoms with van der Waals surface area (Å²) in [5.41, 5.74) is 3.25. The van der Waals surface area contributed by atoms with Crippen LogP contribution in [0, 0.1) is 0 Å². The number of hydrogen-bond donors (Lipinski definition) is 1. The zero-order valence-corrected chi connectivity index (χ0v) is 15.4. The van der Waals surface area contributed by atoms with Gasteiger partial charge < -0.3 is 9.68 Å². The number of benzene rings is 3. The second kappa shape index (κ2) is 8.13. The van der Waals surface area contributed by atoms with E-state index in [4.69, 9.17) is 4.65 Å². The minimum Gasteiger partial charge on any atom is -0.423 e. The molecular formula is C22H18BN3O2. The van der Waals surface area contributed by atoms with Gasteiger partial charge in [0.1, 0.15) is 0 Å². The number of hydrogen-bond acceptors (Lipinski definition) is 5. The Balaban J connectivity index is 1.87. The van der Waals surface area contributed by atoms with Crippen LogP contribution in [0.2, 0.25) is 0 Å². The molecule has 1 aromatic heterocycles. The first kappa shape index (κ1) is 18.0. The van der Waals surface area contributed by atoms with E-state index in [1.807, 2.05) is 78.9 Å². The van der Waals surface area contributed by atoms with Crippen molar-refractivity contribution in [3.8, 4) is 34.2 Å². The Hall–Kier alpha value is -3.35. The molecule has 4 aromatic rings. The smallest absolute Gasteiger partial charge is 0.423 e. The van der Waals surface area contributed by atoms with E-state index < -0.39 is 7.12 Å². The fraction of sp³-hybridized carbons (Fsp3) is 0.0455. The third kappa shape index (κ3) is 3.83. The standard InChI is InChI=1S/C22H18BN3O2/c1-28-23(27)19-14-8-13-18(15-19)22-25-20(16-9-4-2-5-10-16)24-21(26-22)17-11-6-3-7-12-17/h2-15,27H,1H3. The molecule has 1 heterocycles. The minimum atomic E-state index is -0.996. The van der Waals surface area contributed by atoms with Crippen LogP contribution in [-0.2, 0) is 4.65 Å². The van der Waals surface area contributed by atoms with Gasteiger partial charge >= 0.3 is 7.12 Å². The predicted octanol–water partition coefficient (Wildman–Crippen LogP) is 3.21. The molecule has 1 N–H and O–H groups in total. The zero-order valence-electron chi connectivity index (χ0n) is 15.4. The maximum Gasteiger partial charge on any atom is 0.490 e. The van der Waals surface area contributed by atoms with Crippen LogP contribution in [0.15, 0.2) is 84.9 Å². The Morgan fingerprint density at radius 2 is 1.11 bits per heavy atom. The molecule has 4 rings (SSSR count). The molecule has 3 aromatic carbocycles. The molecule has 0 atom stereocenters. The lowest BCUT2D eigenvalue weighted by atomic mass is 9.79. The summed E-state index contributed by atoms with van der Waals surface area (Å²) in [6.07, 6.45) is 0. The second-order valence-corrected chi connectivity index (χ2v) is 6.25. The molecule has 0 bridgehead atoms. The maximum absolute atomic E-state index is 9.99. The summed E-state index contributed by atoms with van der Waals surface area (Å²) in [6.45, 7) is 0. The van der Waals surface area contributed by atoms with Gasteiger partial charge in [0.25, 0.3) is 0 Å². The van der Waals surface area contributed by atoms with Gasteiger partial charge in [0.2, 0.25) is 0 Å². The third-order valence-corrected chi connectivity index (χ3v) is 4.35. The van der Waals surface area contributed by atoms with Crippen molar-refractivity contribution in [1.82, 2.24) is 15.0 Å². The van der Waals surface area contributed by atoms with Gasteiger partial charge in [-0.05, 0) is 5.46 Å². The molecule has 6 heteroatoms. The first-order chi connectivity index (χ1) is 13.7. The fourth-order valence-electron chi connectivity index (χ4n) is 2.91. The van der Waals surface area contributed by atoms with Crippen molar-refractivity contribution in [1.29, 1.82) is 0 Å². The molecule has 0 saturated carbocycles. The summed E-state index contributed by atoms with van der Waals surface area (Å²) in [6, 6.07) is 27.0. The maximum atomic E-state index is 9.99. The van der Waals surface area contributed by atoms with Crippen molar-refractivity contribution in [2.24, 2.45) is 0 Å². The molecule has 0 fully saturated rings. The first-order valence-corrected chi connectivity index (χ1v) is 8.93. The lowest BCUT2D eigenvalue weighted by molar-refractivity contribution is 0.341. The van der Waals surface area contributed by atoms with Crippen molar-refractivity contribution < 1.29 is 9.68 Å².